The summed E-state index contributed by atoms with van der Waals surface area (Å²) in [5.74, 6) is -2.44. The van der Waals surface area contributed by atoms with Gasteiger partial charge in [0, 0.05) is 41.3 Å². The van der Waals surface area contributed by atoms with Crippen LogP contribution in [0.25, 0.3) is 0 Å². The minimum Gasteiger partial charge on any atom is -0.490 e. The van der Waals surface area contributed by atoms with Gasteiger partial charge in [0.1, 0.15) is 11.4 Å². The number of ketones is 2. The van der Waals surface area contributed by atoms with E-state index in [9.17, 15) is 27.9 Å². The molecule has 0 spiro atoms. The van der Waals surface area contributed by atoms with Gasteiger partial charge in [-0.05, 0) is 60.4 Å². The van der Waals surface area contributed by atoms with Crippen LogP contribution in [0.15, 0.2) is 69.9 Å². The Morgan fingerprint density at radius 1 is 0.955 bits per heavy atom. The van der Waals surface area contributed by atoms with Crippen molar-refractivity contribution in [3.05, 3.63) is 75.6 Å². The van der Waals surface area contributed by atoms with Crippen LogP contribution in [-0.4, -0.2) is 49.1 Å². The summed E-state index contributed by atoms with van der Waals surface area (Å²) in [4.78, 5) is 41.6. The molecule has 1 aliphatic heterocycles. The number of Topliss-reactive ketones (excluding diaryl/α,β-unsaturated/α-hetero) is 2. The summed E-state index contributed by atoms with van der Waals surface area (Å²) in [6.45, 7) is 9.35. The molecule has 3 aliphatic rings. The summed E-state index contributed by atoms with van der Waals surface area (Å²) in [5.41, 5.74) is 1.50. The first-order valence-electron chi connectivity index (χ1n) is 14.5. The highest BCUT2D eigenvalue weighted by Crippen LogP contribution is 2.55. The molecule has 0 atom stereocenters. The summed E-state index contributed by atoms with van der Waals surface area (Å²) in [5, 5.41) is 9.83. The number of carboxylic acid groups (broad SMARTS) is 1. The number of hydrogen-bond donors (Lipinski definition) is 1. The molecule has 5 rings (SSSR count). The van der Waals surface area contributed by atoms with Crippen molar-refractivity contribution >= 4 is 39.3 Å². The highest BCUT2D eigenvalue weighted by atomic mass is 35.5. The fourth-order valence-corrected chi connectivity index (χ4v) is 7.83. The normalized spacial score (nSPS) is 19.9. The second-order valence-electron chi connectivity index (χ2n) is 13.1. The Morgan fingerprint density at radius 2 is 1.50 bits per heavy atom. The predicted molar refractivity (Wildman–Crippen MR) is 164 cm³/mol. The molecule has 1 heterocycles. The largest absolute Gasteiger partial charge is 0.490 e. The van der Waals surface area contributed by atoms with Crippen LogP contribution in [0.4, 0.5) is 0 Å². The molecule has 11 heteroatoms. The van der Waals surface area contributed by atoms with E-state index in [0.29, 0.717) is 40.9 Å². The molecule has 2 aromatic carbocycles. The average molecular weight is 642 g/mol. The molecule has 0 unspecified atom stereocenters. The van der Waals surface area contributed by atoms with Crippen molar-refractivity contribution < 1.29 is 36.8 Å². The van der Waals surface area contributed by atoms with Crippen molar-refractivity contribution in [1.82, 2.24) is 4.90 Å². The fraction of sp³-hybridized carbons (Fsp3) is 0.424. The van der Waals surface area contributed by atoms with Crippen LogP contribution in [0.2, 0.25) is 5.02 Å². The maximum absolute atomic E-state index is 13.9. The summed E-state index contributed by atoms with van der Waals surface area (Å²) in [7, 11) is -4.27. The number of halogens is 1. The SMILES string of the molecule is CCOc1cc(C2C3=C(CC(C)(C)CC3=O)N(CC(=O)O)C3=C2C(=O)CC(C)(C)C3)cc(Cl)c1OS(=O)(=O)c1ccccc1. The Hall–Kier alpha value is -3.63. The van der Waals surface area contributed by atoms with Crippen LogP contribution in [0.1, 0.15) is 71.8 Å². The van der Waals surface area contributed by atoms with Gasteiger partial charge in [0.05, 0.1) is 11.6 Å². The molecule has 0 radical (unpaired) electrons. The molecule has 0 amide bonds. The Balaban J connectivity index is 1.73. The summed E-state index contributed by atoms with van der Waals surface area (Å²) in [6.07, 6.45) is 1.31. The monoisotopic (exact) mass is 641 g/mol. The van der Waals surface area contributed by atoms with Crippen LogP contribution in [0, 0.1) is 10.8 Å². The van der Waals surface area contributed by atoms with Crippen molar-refractivity contribution in [2.24, 2.45) is 10.8 Å². The van der Waals surface area contributed by atoms with Gasteiger partial charge in [0.15, 0.2) is 17.3 Å². The van der Waals surface area contributed by atoms with Gasteiger partial charge in [-0.2, -0.15) is 8.42 Å². The number of ether oxygens (including phenoxy) is 1. The van der Waals surface area contributed by atoms with Gasteiger partial charge in [0.2, 0.25) is 5.75 Å². The third kappa shape index (κ3) is 6.02. The maximum Gasteiger partial charge on any atom is 0.339 e. The Morgan fingerprint density at radius 3 is 2.00 bits per heavy atom. The van der Waals surface area contributed by atoms with E-state index in [0.717, 1.165) is 0 Å². The first kappa shape index (κ1) is 31.8. The highest BCUT2D eigenvalue weighted by Gasteiger charge is 2.49. The molecular weight excluding hydrogens is 606 g/mol. The third-order valence-corrected chi connectivity index (χ3v) is 9.72. The number of nitrogens with zero attached hydrogens (tertiary/aromatic N) is 1. The number of hydrogen-bond acceptors (Lipinski definition) is 8. The minimum atomic E-state index is -4.27. The van der Waals surface area contributed by atoms with Crippen molar-refractivity contribution in [3.63, 3.8) is 0 Å². The van der Waals surface area contributed by atoms with Crippen LogP contribution in [0.3, 0.4) is 0 Å². The van der Waals surface area contributed by atoms with Crippen LogP contribution >= 0.6 is 11.6 Å². The Kier molecular flexibility index (Phi) is 8.22. The van der Waals surface area contributed by atoms with Gasteiger partial charge >= 0.3 is 16.1 Å². The number of carbonyl (C=O) groups is 3. The van der Waals surface area contributed by atoms with E-state index in [1.807, 2.05) is 27.7 Å². The van der Waals surface area contributed by atoms with Crippen LogP contribution < -0.4 is 8.92 Å². The molecule has 9 nitrogen and oxygen atoms in total. The van der Waals surface area contributed by atoms with Gasteiger partial charge in [-0.25, -0.2) is 0 Å². The zero-order chi connectivity index (χ0) is 32.2. The predicted octanol–water partition coefficient (Wildman–Crippen LogP) is 6.28. The first-order valence-corrected chi connectivity index (χ1v) is 16.3. The standard InChI is InChI=1S/C33H36ClNO8S/c1-6-42-26-13-19(12-21(34)31(26)43-44(40,41)20-10-8-7-9-11-20)28-29-22(14-32(2,3)16-24(29)36)35(18-27(38)39)23-15-33(4,5)17-25(37)30(23)28/h7-13,28H,6,14-18H2,1-5H3,(H,38,39). The number of allylic oxidation sites excluding steroid dienone is 4. The van der Waals surface area contributed by atoms with E-state index in [4.69, 9.17) is 20.5 Å². The number of aliphatic carboxylic acids is 1. The second kappa shape index (κ2) is 11.4. The van der Waals surface area contributed by atoms with Crippen molar-refractivity contribution in [1.29, 1.82) is 0 Å². The number of carboxylic acids is 1. The number of benzene rings is 2. The fourth-order valence-electron chi connectivity index (χ4n) is 6.55. The lowest BCUT2D eigenvalue weighted by Crippen LogP contribution is -2.45. The smallest absolute Gasteiger partial charge is 0.339 e. The van der Waals surface area contributed by atoms with Gasteiger partial charge in [0.25, 0.3) is 0 Å². The number of carbonyl (C=O) groups excluding carboxylic acids is 2. The average Bonchev–Trinajstić information content (AvgIpc) is 2.90. The molecular formula is C33H36ClNO8S. The van der Waals surface area contributed by atoms with Crippen LogP contribution in [0.5, 0.6) is 11.5 Å². The summed E-state index contributed by atoms with van der Waals surface area (Å²) >= 11 is 6.73. The lowest BCUT2D eigenvalue weighted by Gasteiger charge is -2.48. The van der Waals surface area contributed by atoms with Crippen LogP contribution in [-0.2, 0) is 24.5 Å². The zero-order valence-corrected chi connectivity index (χ0v) is 27.0. The zero-order valence-electron chi connectivity index (χ0n) is 25.4. The molecule has 1 N–H and O–H groups in total. The molecule has 44 heavy (non-hydrogen) atoms. The van der Waals surface area contributed by atoms with E-state index in [-0.39, 0.29) is 59.0 Å². The summed E-state index contributed by atoms with van der Waals surface area (Å²) in [6, 6.07) is 10.7. The Labute approximate surface area is 262 Å². The van der Waals surface area contributed by atoms with Crippen molar-refractivity contribution in [3.8, 4) is 11.5 Å². The quantitative estimate of drug-likeness (QED) is 0.331. The third-order valence-electron chi connectivity index (χ3n) is 8.21. The number of rotatable bonds is 8. The molecule has 2 aromatic rings. The maximum atomic E-state index is 13.9. The molecule has 0 saturated carbocycles. The molecule has 0 fully saturated rings. The van der Waals surface area contributed by atoms with Crippen molar-refractivity contribution in [2.75, 3.05) is 13.2 Å². The van der Waals surface area contributed by atoms with E-state index >= 15 is 0 Å². The molecule has 234 valence electrons. The summed E-state index contributed by atoms with van der Waals surface area (Å²) < 4.78 is 37.6. The molecule has 0 saturated heterocycles. The lowest BCUT2D eigenvalue weighted by atomic mass is 9.63. The van der Waals surface area contributed by atoms with E-state index in [2.05, 4.69) is 0 Å². The molecule has 0 bridgehead atoms. The second-order valence-corrected chi connectivity index (χ2v) is 15.1. The van der Waals surface area contributed by atoms with Gasteiger partial charge in [-0.15, -0.1) is 0 Å². The Bertz CT molecular complexity index is 1670. The lowest BCUT2D eigenvalue weighted by molar-refractivity contribution is -0.138. The topological polar surface area (TPSA) is 127 Å². The molecule has 2 aliphatic carbocycles. The highest BCUT2D eigenvalue weighted by molar-refractivity contribution is 7.87. The van der Waals surface area contributed by atoms with Gasteiger partial charge in [-0.1, -0.05) is 57.5 Å². The molecule has 0 aromatic heterocycles. The van der Waals surface area contributed by atoms with E-state index < -0.39 is 32.8 Å². The van der Waals surface area contributed by atoms with Gasteiger partial charge < -0.3 is 18.9 Å². The van der Waals surface area contributed by atoms with E-state index in [1.165, 1.54) is 18.2 Å². The van der Waals surface area contributed by atoms with Crippen molar-refractivity contribution in [2.45, 2.75) is 71.1 Å². The first-order chi connectivity index (χ1) is 20.5. The minimum absolute atomic E-state index is 0.0407. The van der Waals surface area contributed by atoms with Gasteiger partial charge in [-0.3, -0.25) is 14.4 Å². The van der Waals surface area contributed by atoms with E-state index in [1.54, 1.807) is 36.1 Å².